The van der Waals surface area contributed by atoms with E-state index in [0.29, 0.717) is 5.92 Å². The summed E-state index contributed by atoms with van der Waals surface area (Å²) in [7, 11) is 0. The van der Waals surface area contributed by atoms with E-state index in [0.717, 1.165) is 43.6 Å². The van der Waals surface area contributed by atoms with E-state index in [9.17, 15) is 0 Å². The second kappa shape index (κ2) is 11.7. The lowest BCUT2D eigenvalue weighted by Gasteiger charge is -2.26. The Balaban J connectivity index is 0.00000312. The third-order valence-electron chi connectivity index (χ3n) is 4.62. The molecule has 0 radical (unpaired) electrons. The van der Waals surface area contributed by atoms with Crippen molar-refractivity contribution in [1.29, 1.82) is 0 Å². The van der Waals surface area contributed by atoms with Gasteiger partial charge >= 0.3 is 0 Å². The molecule has 0 aromatic carbocycles. The Labute approximate surface area is 169 Å². The number of hydrogen-bond acceptors (Lipinski definition) is 4. The number of halogens is 1. The van der Waals surface area contributed by atoms with E-state index in [4.69, 9.17) is 9.52 Å². The van der Waals surface area contributed by atoms with Gasteiger partial charge in [-0.3, -0.25) is 4.99 Å². The fraction of sp³-hybridized carbons (Fsp3) is 0.778. The first kappa shape index (κ1) is 22.2. The maximum atomic E-state index is 5.27. The number of aliphatic imine (C=N–C) groups is 1. The van der Waals surface area contributed by atoms with Crippen LogP contribution < -0.4 is 10.6 Å². The van der Waals surface area contributed by atoms with Gasteiger partial charge in [-0.25, -0.2) is 0 Å². The van der Waals surface area contributed by atoms with Gasteiger partial charge in [-0.15, -0.1) is 24.0 Å². The molecule has 7 heteroatoms. The van der Waals surface area contributed by atoms with Crippen LogP contribution in [0.15, 0.2) is 9.52 Å². The molecule has 0 saturated carbocycles. The normalized spacial score (nSPS) is 17.0. The number of piperidine rings is 1. The van der Waals surface area contributed by atoms with Crippen molar-refractivity contribution in [2.45, 2.75) is 52.9 Å². The minimum atomic E-state index is 0. The molecule has 2 N–H and O–H groups in total. The molecular formula is C18H34IN5O. The van der Waals surface area contributed by atoms with Gasteiger partial charge in [0.15, 0.2) is 5.96 Å². The first-order valence-electron chi connectivity index (χ1n) is 9.29. The van der Waals surface area contributed by atoms with Crippen molar-refractivity contribution >= 4 is 29.9 Å². The molecule has 2 rings (SSSR count). The summed E-state index contributed by atoms with van der Waals surface area (Å²) in [4.78, 5) is 7.27. The maximum absolute atomic E-state index is 5.27. The van der Waals surface area contributed by atoms with Crippen LogP contribution in [0.1, 0.15) is 56.0 Å². The summed E-state index contributed by atoms with van der Waals surface area (Å²) in [5.74, 6) is 2.10. The molecule has 0 aliphatic carbocycles. The first-order valence-corrected chi connectivity index (χ1v) is 9.29. The fourth-order valence-corrected chi connectivity index (χ4v) is 3.37. The molecule has 6 nitrogen and oxygen atoms in total. The number of aryl methyl sites for hydroxylation is 2. The Hall–Kier alpha value is -0.830. The minimum Gasteiger partial charge on any atom is -0.361 e. The molecule has 1 aliphatic heterocycles. The van der Waals surface area contributed by atoms with Crippen LogP contribution in [-0.4, -0.2) is 55.3 Å². The van der Waals surface area contributed by atoms with Gasteiger partial charge in [-0.1, -0.05) is 18.5 Å². The molecule has 1 unspecified atom stereocenters. The molecule has 0 amide bonds. The summed E-state index contributed by atoms with van der Waals surface area (Å²) in [5, 5.41) is 10.8. The Kier molecular flexibility index (Phi) is 10.4. The molecule has 144 valence electrons. The van der Waals surface area contributed by atoms with E-state index in [2.05, 4.69) is 34.5 Å². The molecule has 2 heterocycles. The largest absolute Gasteiger partial charge is 0.361 e. The number of guanidine groups is 1. The second-order valence-corrected chi connectivity index (χ2v) is 6.69. The quantitative estimate of drug-likeness (QED) is 0.370. The standard InChI is InChI=1S/C18H33N5O.HI/c1-5-19-18(20-9-12-23-10-7-6-8-11-23)21-13-14(2)17-15(3)22-24-16(17)4;/h14H,5-13H2,1-4H3,(H2,19,20,21);1H. The Morgan fingerprint density at radius 2 is 1.96 bits per heavy atom. The molecule has 0 bridgehead atoms. The highest BCUT2D eigenvalue weighted by Gasteiger charge is 2.16. The summed E-state index contributed by atoms with van der Waals surface area (Å²) in [6, 6.07) is 0. The molecule has 25 heavy (non-hydrogen) atoms. The minimum absolute atomic E-state index is 0. The van der Waals surface area contributed by atoms with Crippen LogP contribution in [-0.2, 0) is 0 Å². The topological polar surface area (TPSA) is 65.7 Å². The molecule has 1 aliphatic rings. The molecule has 1 fully saturated rings. The Bertz CT molecular complexity index is 506. The average molecular weight is 463 g/mol. The van der Waals surface area contributed by atoms with Gasteiger partial charge in [0.2, 0.25) is 0 Å². The molecule has 1 atom stereocenters. The van der Waals surface area contributed by atoms with Crippen LogP contribution in [0.25, 0.3) is 0 Å². The van der Waals surface area contributed by atoms with Crippen molar-refractivity contribution in [3.63, 3.8) is 0 Å². The summed E-state index contributed by atoms with van der Waals surface area (Å²) < 4.78 is 5.27. The predicted octanol–water partition coefficient (Wildman–Crippen LogP) is 3.05. The average Bonchev–Trinajstić information content (AvgIpc) is 2.92. The molecule has 0 spiro atoms. The number of likely N-dealkylation sites (tertiary alicyclic amines) is 1. The van der Waals surface area contributed by atoms with Gasteiger partial charge in [0, 0.05) is 37.7 Å². The van der Waals surface area contributed by atoms with Crippen LogP contribution in [0.2, 0.25) is 0 Å². The van der Waals surface area contributed by atoms with Crippen LogP contribution in [0.5, 0.6) is 0 Å². The SMILES string of the molecule is CCNC(=NCC(C)c1c(C)noc1C)NCCN1CCCCC1.I. The summed E-state index contributed by atoms with van der Waals surface area (Å²) in [6.45, 7) is 14.3. The van der Waals surface area contributed by atoms with Gasteiger partial charge in [0.05, 0.1) is 5.69 Å². The number of hydrogen-bond donors (Lipinski definition) is 2. The van der Waals surface area contributed by atoms with Gasteiger partial charge < -0.3 is 20.1 Å². The van der Waals surface area contributed by atoms with Gasteiger partial charge in [-0.2, -0.15) is 0 Å². The number of aromatic nitrogens is 1. The molecule has 1 aromatic rings. The van der Waals surface area contributed by atoms with Crippen LogP contribution >= 0.6 is 24.0 Å². The third kappa shape index (κ3) is 7.13. The lowest BCUT2D eigenvalue weighted by atomic mass is 10.00. The van der Waals surface area contributed by atoms with Crippen molar-refractivity contribution in [2.75, 3.05) is 39.3 Å². The van der Waals surface area contributed by atoms with Crippen molar-refractivity contribution < 1.29 is 4.52 Å². The fourth-order valence-electron chi connectivity index (χ4n) is 3.37. The molecule has 1 saturated heterocycles. The lowest BCUT2D eigenvalue weighted by Crippen LogP contribution is -2.42. The van der Waals surface area contributed by atoms with Crippen molar-refractivity contribution in [3.05, 3.63) is 17.0 Å². The highest BCUT2D eigenvalue weighted by atomic mass is 127. The van der Waals surface area contributed by atoms with E-state index < -0.39 is 0 Å². The zero-order chi connectivity index (χ0) is 17.4. The van der Waals surface area contributed by atoms with Crippen LogP contribution in [0.4, 0.5) is 0 Å². The molecule has 1 aromatic heterocycles. The van der Waals surface area contributed by atoms with E-state index in [1.165, 1.54) is 37.9 Å². The zero-order valence-corrected chi connectivity index (χ0v) is 18.4. The predicted molar refractivity (Wildman–Crippen MR) is 114 cm³/mol. The Morgan fingerprint density at radius 1 is 1.24 bits per heavy atom. The highest BCUT2D eigenvalue weighted by molar-refractivity contribution is 14.0. The lowest BCUT2D eigenvalue weighted by molar-refractivity contribution is 0.232. The smallest absolute Gasteiger partial charge is 0.191 e. The first-order chi connectivity index (χ1) is 11.6. The second-order valence-electron chi connectivity index (χ2n) is 6.69. The number of rotatable bonds is 7. The van der Waals surface area contributed by atoms with Crippen LogP contribution in [0, 0.1) is 13.8 Å². The number of nitrogens with one attached hydrogen (secondary N) is 2. The van der Waals surface area contributed by atoms with E-state index in [-0.39, 0.29) is 24.0 Å². The van der Waals surface area contributed by atoms with Crippen LogP contribution in [0.3, 0.4) is 0 Å². The van der Waals surface area contributed by atoms with E-state index >= 15 is 0 Å². The molecular weight excluding hydrogens is 429 g/mol. The summed E-state index contributed by atoms with van der Waals surface area (Å²) in [6.07, 6.45) is 4.06. The monoisotopic (exact) mass is 463 g/mol. The highest BCUT2D eigenvalue weighted by Crippen LogP contribution is 2.23. The Morgan fingerprint density at radius 3 is 2.56 bits per heavy atom. The van der Waals surface area contributed by atoms with E-state index in [1.807, 2.05) is 13.8 Å². The van der Waals surface area contributed by atoms with Crippen molar-refractivity contribution in [1.82, 2.24) is 20.7 Å². The van der Waals surface area contributed by atoms with Gasteiger partial charge in [0.25, 0.3) is 0 Å². The van der Waals surface area contributed by atoms with Gasteiger partial charge in [0.1, 0.15) is 5.76 Å². The zero-order valence-electron chi connectivity index (χ0n) is 16.1. The summed E-state index contributed by atoms with van der Waals surface area (Å²) >= 11 is 0. The van der Waals surface area contributed by atoms with Crippen molar-refractivity contribution in [2.24, 2.45) is 4.99 Å². The third-order valence-corrected chi connectivity index (χ3v) is 4.62. The number of nitrogens with zero attached hydrogens (tertiary/aromatic N) is 3. The van der Waals surface area contributed by atoms with Gasteiger partial charge in [-0.05, 0) is 46.7 Å². The maximum Gasteiger partial charge on any atom is 0.191 e. The van der Waals surface area contributed by atoms with E-state index in [1.54, 1.807) is 0 Å². The van der Waals surface area contributed by atoms with Crippen molar-refractivity contribution in [3.8, 4) is 0 Å². The summed E-state index contributed by atoms with van der Waals surface area (Å²) in [5.41, 5.74) is 2.15.